The molecule has 0 aliphatic carbocycles. The molecule has 3 atom stereocenters. The predicted octanol–water partition coefficient (Wildman–Crippen LogP) is 0.260. The number of unbranched alkanes of at least 4 members (excludes halogenated alkanes) is 1. The zero-order valence-corrected chi connectivity index (χ0v) is 26.5. The lowest BCUT2D eigenvalue weighted by molar-refractivity contribution is -0.130. The van der Waals surface area contributed by atoms with Crippen LogP contribution in [0.1, 0.15) is 45.5 Å². The second-order valence-electron chi connectivity index (χ2n) is 11.7. The molecule has 15 heteroatoms. The topological polar surface area (TPSA) is 243 Å². The summed E-state index contributed by atoms with van der Waals surface area (Å²) in [6.07, 6.45) is 2.16. The molecule has 0 saturated carbocycles. The van der Waals surface area contributed by atoms with Crippen LogP contribution in [0.15, 0.2) is 76.3 Å². The van der Waals surface area contributed by atoms with Gasteiger partial charge in [0.1, 0.15) is 24.4 Å². The quantitative estimate of drug-likeness (QED) is 0.0945. The lowest BCUT2D eigenvalue weighted by Gasteiger charge is -2.26. The normalized spacial score (nSPS) is 18.7. The number of hydrogen-bond donors (Lipinski definition) is 8. The van der Waals surface area contributed by atoms with Crippen LogP contribution in [0.4, 0.5) is 5.69 Å². The molecule has 3 aromatic carbocycles. The molecule has 10 N–H and O–H groups in total. The molecule has 5 rings (SSSR count). The van der Waals surface area contributed by atoms with E-state index in [1.165, 1.54) is 30.3 Å². The Labute approximate surface area is 280 Å². The molecule has 4 amide bonds. The largest absolute Gasteiger partial charge is 0.491 e. The van der Waals surface area contributed by atoms with Gasteiger partial charge in [-0.3, -0.25) is 28.8 Å². The zero-order valence-electron chi connectivity index (χ0n) is 26.5. The summed E-state index contributed by atoms with van der Waals surface area (Å²) in [4.78, 5) is 81.5. The summed E-state index contributed by atoms with van der Waals surface area (Å²) in [5, 5.41) is 11.1. The van der Waals surface area contributed by atoms with Crippen LogP contribution >= 0.6 is 0 Å². The van der Waals surface area contributed by atoms with Gasteiger partial charge in [0.25, 0.3) is 11.8 Å². The van der Waals surface area contributed by atoms with Crippen molar-refractivity contribution in [2.45, 2.75) is 43.8 Å². The molecule has 1 aliphatic heterocycles. The van der Waals surface area contributed by atoms with E-state index in [2.05, 4.69) is 31.2 Å². The Balaban J connectivity index is 1.40. The number of fused-ring (bicyclic) bond motifs is 2. The van der Waals surface area contributed by atoms with Crippen LogP contribution in [0, 0.1) is 0 Å². The summed E-state index contributed by atoms with van der Waals surface area (Å²) in [5.74, 6) is -2.01. The number of anilines is 1. The van der Waals surface area contributed by atoms with Crippen molar-refractivity contribution in [3.8, 4) is 5.75 Å². The molecule has 2 heterocycles. The van der Waals surface area contributed by atoms with E-state index in [0.29, 0.717) is 24.9 Å². The minimum Gasteiger partial charge on any atom is -0.491 e. The van der Waals surface area contributed by atoms with Crippen molar-refractivity contribution in [3.05, 3.63) is 104 Å². The standard InChI is InChI=1S/C34H38N8O7/c35-13-5-4-8-22-18-49-28-12-10-21(38-29(43)20-9-11-25-26(15-20)41-34(48)33(47)40-25)16-23(28)30(44)37-17-24(36)31(45)42-27(32(46)39-22)14-19-6-2-1-3-7-19/h1-3,6-7,9-12,15-16,22,24,27H,4-5,8,13-14,17-18,35-36H2,(H,37,44)(H,38,43)(H,39,46)(H,40,47)(H,41,48)(H,42,45)/t22-,24+,27-/m0/s1. The van der Waals surface area contributed by atoms with Crippen molar-refractivity contribution in [1.82, 2.24) is 25.9 Å². The summed E-state index contributed by atoms with van der Waals surface area (Å²) in [6, 6.07) is 15.5. The molecule has 1 aromatic heterocycles. The number of H-pyrrole nitrogens is 2. The molecule has 0 unspecified atom stereocenters. The number of aromatic amines is 2. The molecule has 1 aliphatic rings. The minimum absolute atomic E-state index is 0.00516. The Hall–Kier alpha value is -5.80. The number of amides is 4. The molecule has 0 radical (unpaired) electrons. The van der Waals surface area contributed by atoms with Crippen molar-refractivity contribution in [2.75, 3.05) is 25.0 Å². The van der Waals surface area contributed by atoms with Crippen molar-refractivity contribution in [1.29, 1.82) is 0 Å². The van der Waals surface area contributed by atoms with Gasteiger partial charge in [0.2, 0.25) is 11.8 Å². The maximum absolute atomic E-state index is 13.6. The Kier molecular flexibility index (Phi) is 11.2. The van der Waals surface area contributed by atoms with E-state index in [1.54, 1.807) is 6.07 Å². The lowest BCUT2D eigenvalue weighted by atomic mass is 10.0. The molecule has 4 aromatic rings. The summed E-state index contributed by atoms with van der Waals surface area (Å²) in [6.45, 7) is 0.227. The van der Waals surface area contributed by atoms with Crippen molar-refractivity contribution in [2.24, 2.45) is 11.5 Å². The number of ether oxygens (including phenoxy) is 1. The van der Waals surface area contributed by atoms with Gasteiger partial charge in [0, 0.05) is 24.2 Å². The van der Waals surface area contributed by atoms with Crippen LogP contribution in [0.25, 0.3) is 11.0 Å². The number of nitrogens with two attached hydrogens (primary N) is 2. The van der Waals surface area contributed by atoms with Gasteiger partial charge < -0.3 is 47.4 Å². The third-order valence-electron chi connectivity index (χ3n) is 7.99. The fraction of sp³-hybridized carbons (Fsp3) is 0.294. The van der Waals surface area contributed by atoms with Crippen LogP contribution in [0.5, 0.6) is 5.75 Å². The average Bonchev–Trinajstić information content (AvgIpc) is 3.09. The van der Waals surface area contributed by atoms with Gasteiger partial charge in [-0.25, -0.2) is 0 Å². The van der Waals surface area contributed by atoms with Gasteiger partial charge >= 0.3 is 11.1 Å². The molecule has 49 heavy (non-hydrogen) atoms. The van der Waals surface area contributed by atoms with E-state index in [9.17, 15) is 28.8 Å². The number of aromatic nitrogens is 2. The number of carbonyl (C=O) groups excluding carboxylic acids is 4. The first-order valence-corrected chi connectivity index (χ1v) is 15.8. The molecular formula is C34H38N8O7. The number of hydrogen-bond acceptors (Lipinski definition) is 9. The minimum atomic E-state index is -1.18. The molecule has 256 valence electrons. The summed E-state index contributed by atoms with van der Waals surface area (Å²) >= 11 is 0. The Bertz CT molecular complexity index is 1960. The van der Waals surface area contributed by atoms with Gasteiger partial charge in [-0.1, -0.05) is 36.8 Å². The molecule has 15 nitrogen and oxygen atoms in total. The van der Waals surface area contributed by atoms with Crippen molar-refractivity contribution >= 4 is 40.3 Å². The van der Waals surface area contributed by atoms with Crippen LogP contribution in [-0.2, 0) is 16.0 Å². The third kappa shape index (κ3) is 8.97. The molecule has 0 saturated heterocycles. The zero-order chi connectivity index (χ0) is 34.9. The highest BCUT2D eigenvalue weighted by molar-refractivity contribution is 6.07. The monoisotopic (exact) mass is 670 g/mol. The Morgan fingerprint density at radius 3 is 2.37 bits per heavy atom. The van der Waals surface area contributed by atoms with E-state index in [1.807, 2.05) is 30.3 Å². The van der Waals surface area contributed by atoms with Crippen LogP contribution in [0.3, 0.4) is 0 Å². The van der Waals surface area contributed by atoms with E-state index in [4.69, 9.17) is 16.2 Å². The van der Waals surface area contributed by atoms with Crippen molar-refractivity contribution in [3.63, 3.8) is 0 Å². The molecule has 0 spiro atoms. The van der Waals surface area contributed by atoms with Gasteiger partial charge in [0.05, 0.1) is 22.6 Å². The molecular weight excluding hydrogens is 632 g/mol. The van der Waals surface area contributed by atoms with E-state index >= 15 is 0 Å². The molecule has 0 bridgehead atoms. The second kappa shape index (κ2) is 15.9. The SMILES string of the molecule is NCCCC[C@H]1COc2ccc(NC(=O)c3ccc4[nH]c(=O)c(=O)[nH]c4c3)cc2C(=O)NC[C@@H](N)C(=O)N[C@@H](Cc2ccccc2)C(=O)N1. The molecule has 0 fully saturated rings. The fourth-order valence-corrected chi connectivity index (χ4v) is 5.32. The summed E-state index contributed by atoms with van der Waals surface area (Å²) in [7, 11) is 0. The summed E-state index contributed by atoms with van der Waals surface area (Å²) in [5.41, 5.74) is 12.1. The Morgan fingerprint density at radius 1 is 0.857 bits per heavy atom. The number of benzene rings is 3. The predicted molar refractivity (Wildman–Crippen MR) is 182 cm³/mol. The van der Waals surface area contributed by atoms with E-state index < -0.39 is 52.9 Å². The maximum atomic E-state index is 13.6. The second-order valence-corrected chi connectivity index (χ2v) is 11.7. The van der Waals surface area contributed by atoms with Crippen molar-refractivity contribution < 1.29 is 23.9 Å². The first kappa shape index (κ1) is 34.5. The highest BCUT2D eigenvalue weighted by Crippen LogP contribution is 2.25. The van der Waals surface area contributed by atoms with Crippen LogP contribution in [-0.4, -0.2) is 71.4 Å². The van der Waals surface area contributed by atoms with Crippen LogP contribution in [0.2, 0.25) is 0 Å². The van der Waals surface area contributed by atoms with Gasteiger partial charge in [0.15, 0.2) is 0 Å². The third-order valence-corrected chi connectivity index (χ3v) is 7.99. The Morgan fingerprint density at radius 2 is 1.61 bits per heavy atom. The lowest BCUT2D eigenvalue weighted by Crippen LogP contribution is -2.56. The summed E-state index contributed by atoms with van der Waals surface area (Å²) < 4.78 is 6.11. The fourth-order valence-electron chi connectivity index (χ4n) is 5.32. The number of nitrogens with one attached hydrogen (secondary N) is 6. The highest BCUT2D eigenvalue weighted by Gasteiger charge is 2.28. The van der Waals surface area contributed by atoms with E-state index in [0.717, 1.165) is 12.0 Å². The first-order chi connectivity index (χ1) is 23.6. The van der Waals surface area contributed by atoms with Gasteiger partial charge in [-0.15, -0.1) is 0 Å². The maximum Gasteiger partial charge on any atom is 0.314 e. The first-order valence-electron chi connectivity index (χ1n) is 15.8. The van der Waals surface area contributed by atoms with E-state index in [-0.39, 0.29) is 47.7 Å². The number of carbonyl (C=O) groups is 4. The highest BCUT2D eigenvalue weighted by atomic mass is 16.5. The average molecular weight is 671 g/mol. The van der Waals surface area contributed by atoms with Gasteiger partial charge in [-0.2, -0.15) is 0 Å². The van der Waals surface area contributed by atoms with Crippen LogP contribution < -0.4 is 48.6 Å². The number of rotatable bonds is 8. The smallest absolute Gasteiger partial charge is 0.314 e. The van der Waals surface area contributed by atoms with Gasteiger partial charge in [-0.05, 0) is 61.3 Å².